The van der Waals surface area contributed by atoms with Gasteiger partial charge in [-0.05, 0) is 56.5 Å². The zero-order chi connectivity index (χ0) is 21.8. The van der Waals surface area contributed by atoms with Gasteiger partial charge >= 0.3 is 0 Å². The molecule has 0 unspecified atom stereocenters. The molecule has 0 radical (unpaired) electrons. The minimum absolute atomic E-state index is 0.103. The van der Waals surface area contributed by atoms with Crippen molar-refractivity contribution in [2.45, 2.75) is 32.2 Å². The fourth-order valence-electron chi connectivity index (χ4n) is 3.98. The van der Waals surface area contributed by atoms with E-state index in [4.69, 9.17) is 4.74 Å². The van der Waals surface area contributed by atoms with Gasteiger partial charge in [0.25, 0.3) is 0 Å². The van der Waals surface area contributed by atoms with Crippen LogP contribution in [-0.2, 0) is 15.1 Å². The molecule has 1 aromatic heterocycles. The zero-order valence-corrected chi connectivity index (χ0v) is 19.4. The van der Waals surface area contributed by atoms with Crippen molar-refractivity contribution in [3.05, 3.63) is 75.9 Å². The maximum atomic E-state index is 12.9. The Morgan fingerprint density at radius 2 is 1.87 bits per heavy atom. The Bertz CT molecular complexity index is 1060. The fourth-order valence-corrected chi connectivity index (χ4v) is 4.38. The van der Waals surface area contributed by atoms with Crippen LogP contribution in [-0.4, -0.2) is 35.4 Å². The molecule has 4 rings (SSSR count). The summed E-state index contributed by atoms with van der Waals surface area (Å²) in [5, 5.41) is 11.1. The highest BCUT2D eigenvalue weighted by molar-refractivity contribution is 9.10. The Hall–Kier alpha value is -2.48. The summed E-state index contributed by atoms with van der Waals surface area (Å²) >= 11 is 3.57. The molecule has 0 spiro atoms. The highest BCUT2D eigenvalue weighted by atomic mass is 79.9. The van der Waals surface area contributed by atoms with Gasteiger partial charge in [0.05, 0.1) is 17.9 Å². The molecule has 0 saturated carbocycles. The van der Waals surface area contributed by atoms with Crippen LogP contribution in [0.1, 0.15) is 29.7 Å². The zero-order valence-electron chi connectivity index (χ0n) is 17.8. The summed E-state index contributed by atoms with van der Waals surface area (Å²) in [6.45, 7) is 5.50. The fraction of sp³-hybridized carbons (Fsp3) is 0.333. The number of benzene rings is 2. The van der Waals surface area contributed by atoms with Crippen LogP contribution in [0.3, 0.4) is 0 Å². The molecular weight excluding hydrogens is 456 g/mol. The second-order valence-electron chi connectivity index (χ2n) is 8.02. The summed E-state index contributed by atoms with van der Waals surface area (Å²) in [4.78, 5) is 12.9. The Balaban J connectivity index is 1.49. The number of carbonyl (C=O) groups is 1. The van der Waals surface area contributed by atoms with Gasteiger partial charge in [0.2, 0.25) is 5.91 Å². The van der Waals surface area contributed by atoms with E-state index < -0.39 is 0 Å². The van der Waals surface area contributed by atoms with Crippen molar-refractivity contribution in [1.29, 1.82) is 0 Å². The van der Waals surface area contributed by atoms with E-state index in [-0.39, 0.29) is 18.0 Å². The van der Waals surface area contributed by atoms with Crippen molar-refractivity contribution < 1.29 is 9.53 Å². The molecule has 1 fully saturated rings. The third-order valence-corrected chi connectivity index (χ3v) is 6.18. The molecule has 2 N–H and O–H groups in total. The van der Waals surface area contributed by atoms with Crippen LogP contribution in [0.15, 0.2) is 59.1 Å². The number of nitrogens with zero attached hydrogens (tertiary/aromatic N) is 2. The molecular formula is C24H27BrN4O2. The molecule has 1 saturated heterocycles. The molecule has 3 aromatic rings. The van der Waals surface area contributed by atoms with Crippen LogP contribution < -0.4 is 10.6 Å². The van der Waals surface area contributed by atoms with Gasteiger partial charge in [0.15, 0.2) is 0 Å². The first kappa shape index (κ1) is 21.7. The summed E-state index contributed by atoms with van der Waals surface area (Å²) < 4.78 is 8.39. The first-order valence-corrected chi connectivity index (χ1v) is 11.3. The van der Waals surface area contributed by atoms with Crippen LogP contribution >= 0.6 is 15.9 Å². The Kier molecular flexibility index (Phi) is 6.55. The SMILES string of the molecule is Cc1ccc(-n2nc(C)cc2NC(=O)CNC2(c3cccc(Br)c3)CCOCC2)cc1. The lowest BCUT2D eigenvalue weighted by Gasteiger charge is -2.38. The molecule has 0 atom stereocenters. The average molecular weight is 483 g/mol. The number of hydrogen-bond acceptors (Lipinski definition) is 4. The van der Waals surface area contributed by atoms with Crippen molar-refractivity contribution in [3.63, 3.8) is 0 Å². The van der Waals surface area contributed by atoms with Crippen molar-refractivity contribution >= 4 is 27.7 Å². The number of hydrogen-bond donors (Lipinski definition) is 2. The standard InChI is InChI=1S/C24H27BrN4O2/c1-17-6-8-21(9-7-17)29-22(14-18(2)28-29)27-23(30)16-26-24(10-12-31-13-11-24)19-4-3-5-20(25)15-19/h3-9,14-15,26H,10-13,16H2,1-2H3,(H,27,30). The predicted octanol–water partition coefficient (Wildman–Crippen LogP) is 4.49. The van der Waals surface area contributed by atoms with Gasteiger partial charge in [-0.1, -0.05) is 45.8 Å². The van der Waals surface area contributed by atoms with E-state index in [0.29, 0.717) is 19.0 Å². The van der Waals surface area contributed by atoms with Gasteiger partial charge in [0.1, 0.15) is 5.82 Å². The molecule has 162 valence electrons. The molecule has 0 bridgehead atoms. The number of halogens is 1. The van der Waals surface area contributed by atoms with Crippen LogP contribution in [0.4, 0.5) is 5.82 Å². The number of aromatic nitrogens is 2. The summed E-state index contributed by atoms with van der Waals surface area (Å²) in [7, 11) is 0. The number of anilines is 1. The average Bonchev–Trinajstić information content (AvgIpc) is 3.13. The second kappa shape index (κ2) is 9.34. The second-order valence-corrected chi connectivity index (χ2v) is 8.94. The molecule has 0 aliphatic carbocycles. The van der Waals surface area contributed by atoms with Gasteiger partial charge in [-0.3, -0.25) is 10.1 Å². The Morgan fingerprint density at radius 3 is 2.58 bits per heavy atom. The van der Waals surface area contributed by atoms with Gasteiger partial charge < -0.3 is 10.1 Å². The molecule has 2 heterocycles. The van der Waals surface area contributed by atoms with E-state index in [1.807, 2.05) is 56.3 Å². The highest BCUT2D eigenvalue weighted by Gasteiger charge is 2.34. The normalized spacial score (nSPS) is 15.6. The van der Waals surface area contributed by atoms with Crippen LogP contribution in [0, 0.1) is 13.8 Å². The van der Waals surface area contributed by atoms with Crippen molar-refractivity contribution in [3.8, 4) is 5.69 Å². The third-order valence-electron chi connectivity index (χ3n) is 5.69. The van der Waals surface area contributed by atoms with E-state index in [2.05, 4.69) is 43.8 Å². The lowest BCUT2D eigenvalue weighted by molar-refractivity contribution is -0.116. The van der Waals surface area contributed by atoms with E-state index in [9.17, 15) is 4.79 Å². The van der Waals surface area contributed by atoms with Crippen LogP contribution in [0.5, 0.6) is 0 Å². The van der Waals surface area contributed by atoms with E-state index in [1.54, 1.807) is 4.68 Å². The topological polar surface area (TPSA) is 68.2 Å². The number of aryl methyl sites for hydroxylation is 2. The van der Waals surface area contributed by atoms with E-state index >= 15 is 0 Å². The van der Waals surface area contributed by atoms with Crippen molar-refractivity contribution in [2.75, 3.05) is 25.1 Å². The summed E-state index contributed by atoms with van der Waals surface area (Å²) in [5.41, 5.74) is 3.82. The van der Waals surface area contributed by atoms with Gasteiger partial charge in [-0.25, -0.2) is 4.68 Å². The summed E-state index contributed by atoms with van der Waals surface area (Å²) in [5.74, 6) is 0.561. The monoisotopic (exact) mass is 482 g/mol. The highest BCUT2D eigenvalue weighted by Crippen LogP contribution is 2.33. The smallest absolute Gasteiger partial charge is 0.239 e. The molecule has 1 aliphatic rings. The summed E-state index contributed by atoms with van der Waals surface area (Å²) in [6.07, 6.45) is 1.63. The number of carbonyl (C=O) groups excluding carboxylic acids is 1. The van der Waals surface area contributed by atoms with E-state index in [0.717, 1.165) is 28.7 Å². The van der Waals surface area contributed by atoms with E-state index in [1.165, 1.54) is 11.1 Å². The van der Waals surface area contributed by atoms with Gasteiger partial charge in [0, 0.05) is 29.3 Å². The Morgan fingerprint density at radius 1 is 1.13 bits per heavy atom. The minimum atomic E-state index is -0.285. The maximum absolute atomic E-state index is 12.9. The molecule has 1 amide bonds. The molecule has 1 aliphatic heterocycles. The largest absolute Gasteiger partial charge is 0.381 e. The predicted molar refractivity (Wildman–Crippen MR) is 126 cm³/mol. The molecule has 6 nitrogen and oxygen atoms in total. The number of ether oxygens (including phenoxy) is 1. The lowest BCUT2D eigenvalue weighted by atomic mass is 9.82. The first-order chi connectivity index (χ1) is 14.9. The molecule has 2 aromatic carbocycles. The van der Waals surface area contributed by atoms with Gasteiger partial charge in [-0.15, -0.1) is 0 Å². The first-order valence-electron chi connectivity index (χ1n) is 10.5. The summed E-state index contributed by atoms with van der Waals surface area (Å²) in [6, 6.07) is 18.2. The van der Waals surface area contributed by atoms with Crippen molar-refractivity contribution in [2.24, 2.45) is 0 Å². The molecule has 7 heteroatoms. The number of nitrogens with one attached hydrogen (secondary N) is 2. The minimum Gasteiger partial charge on any atom is -0.381 e. The van der Waals surface area contributed by atoms with Crippen LogP contribution in [0.2, 0.25) is 0 Å². The van der Waals surface area contributed by atoms with Crippen molar-refractivity contribution in [1.82, 2.24) is 15.1 Å². The van der Waals surface area contributed by atoms with Crippen LogP contribution in [0.25, 0.3) is 5.69 Å². The quantitative estimate of drug-likeness (QED) is 0.543. The number of rotatable bonds is 6. The number of amides is 1. The maximum Gasteiger partial charge on any atom is 0.239 e. The lowest BCUT2D eigenvalue weighted by Crippen LogP contribution is -2.49. The molecule has 31 heavy (non-hydrogen) atoms. The van der Waals surface area contributed by atoms with Gasteiger partial charge in [-0.2, -0.15) is 5.10 Å². The Labute approximate surface area is 191 Å². The third kappa shape index (κ3) is 5.06.